The minimum Gasteiger partial charge on any atom is -0.462 e. The van der Waals surface area contributed by atoms with Gasteiger partial charge in [-0.3, -0.25) is 19.9 Å². The quantitative estimate of drug-likeness (QED) is 0.117. The summed E-state index contributed by atoms with van der Waals surface area (Å²) in [5.41, 5.74) is 1.50. The van der Waals surface area contributed by atoms with Crippen LogP contribution in [-0.4, -0.2) is 60.7 Å². The zero-order valence-electron chi connectivity index (χ0n) is 21.7. The van der Waals surface area contributed by atoms with E-state index in [-0.39, 0.29) is 37.4 Å². The van der Waals surface area contributed by atoms with E-state index in [4.69, 9.17) is 14.8 Å². The molecule has 2 aromatic rings. The van der Waals surface area contributed by atoms with Gasteiger partial charge in [0, 0.05) is 20.2 Å². The predicted molar refractivity (Wildman–Crippen MR) is 134 cm³/mol. The van der Waals surface area contributed by atoms with E-state index in [1.807, 2.05) is 6.92 Å². The molecule has 0 spiro atoms. The van der Waals surface area contributed by atoms with Gasteiger partial charge in [-0.25, -0.2) is 23.5 Å². The molecule has 1 aliphatic rings. The van der Waals surface area contributed by atoms with Gasteiger partial charge in [0.1, 0.15) is 11.6 Å². The maximum atomic E-state index is 12.6. The number of halogens is 2. The number of amides is 1. The minimum absolute atomic E-state index is 0.0531. The van der Waals surface area contributed by atoms with Crippen LogP contribution in [0.1, 0.15) is 42.1 Å². The number of nitrogens with zero attached hydrogens (tertiary/aromatic N) is 2. The van der Waals surface area contributed by atoms with Gasteiger partial charge < -0.3 is 9.47 Å². The van der Waals surface area contributed by atoms with Crippen LogP contribution in [0.5, 0.6) is 0 Å². The molecule has 0 unspecified atom stereocenters. The number of hydrogen-bond acceptors (Lipinski definition) is 8. The molecule has 38 heavy (non-hydrogen) atoms. The molecule has 1 fully saturated rings. The van der Waals surface area contributed by atoms with Crippen molar-refractivity contribution in [3.05, 3.63) is 83.6 Å². The summed E-state index contributed by atoms with van der Waals surface area (Å²) >= 11 is 0. The number of rotatable bonds is 10. The smallest absolute Gasteiger partial charge is 0.338 e. The topological polar surface area (TPSA) is 106 Å². The molecule has 1 amide bonds. The second-order valence-electron chi connectivity index (χ2n) is 8.24. The molecule has 0 bridgehead atoms. The Labute approximate surface area is 221 Å². The Balaban J connectivity index is 0.000000298. The molecule has 0 saturated heterocycles. The molecule has 0 aromatic heterocycles. The number of ether oxygens (including phenoxy) is 2. The largest absolute Gasteiger partial charge is 0.462 e. The molecule has 0 radical (unpaired) electrons. The van der Waals surface area contributed by atoms with Crippen LogP contribution in [0.3, 0.4) is 0 Å². The van der Waals surface area contributed by atoms with Crippen LogP contribution in [0.25, 0.3) is 0 Å². The average molecular weight is 537 g/mol. The average Bonchev–Trinajstić information content (AvgIpc) is 2.86. The lowest BCUT2D eigenvalue weighted by atomic mass is 9.86. The molecule has 1 saturated carbocycles. The third kappa shape index (κ3) is 14.7. The first-order valence-electron chi connectivity index (χ1n) is 11.8. The van der Waals surface area contributed by atoms with E-state index in [1.54, 1.807) is 19.2 Å². The van der Waals surface area contributed by atoms with Crippen molar-refractivity contribution in [2.45, 2.75) is 33.1 Å². The van der Waals surface area contributed by atoms with Crippen LogP contribution in [0, 0.1) is 24.5 Å². The summed E-state index contributed by atoms with van der Waals surface area (Å²) in [6.07, 6.45) is 6.51. The van der Waals surface area contributed by atoms with Gasteiger partial charge >= 0.3 is 5.97 Å². The molecule has 1 N–H and O–H groups in total. The molecule has 208 valence electrons. The Bertz CT molecular complexity index is 976. The lowest BCUT2D eigenvalue weighted by Gasteiger charge is -2.24. The van der Waals surface area contributed by atoms with Gasteiger partial charge in [0.2, 0.25) is 12.7 Å². The van der Waals surface area contributed by atoms with E-state index in [0.717, 1.165) is 18.4 Å². The van der Waals surface area contributed by atoms with Crippen LogP contribution in [0.15, 0.2) is 60.8 Å². The fourth-order valence-corrected chi connectivity index (χ4v) is 2.66. The van der Waals surface area contributed by atoms with Crippen LogP contribution < -0.4 is 0 Å². The number of esters is 1. The minimum atomic E-state index is -0.451. The lowest BCUT2D eigenvalue weighted by Crippen LogP contribution is -2.25. The number of hydrogen-bond donors (Lipinski definition) is 1. The maximum absolute atomic E-state index is 12.6. The Morgan fingerprint density at radius 1 is 1.05 bits per heavy atom. The van der Waals surface area contributed by atoms with Crippen LogP contribution in [0.4, 0.5) is 8.78 Å². The molecule has 9 nitrogen and oxygen atoms in total. The number of carbonyl (C=O) groups excluding carboxylic acids is 3. The van der Waals surface area contributed by atoms with Gasteiger partial charge in [-0.15, -0.1) is 0 Å². The molecule has 0 heterocycles. The summed E-state index contributed by atoms with van der Waals surface area (Å²) < 4.78 is 34.1. The zero-order chi connectivity index (χ0) is 28.3. The van der Waals surface area contributed by atoms with Crippen molar-refractivity contribution in [3.63, 3.8) is 0 Å². The van der Waals surface area contributed by atoms with Crippen molar-refractivity contribution in [2.75, 3.05) is 27.0 Å². The van der Waals surface area contributed by atoms with Gasteiger partial charge in [0.15, 0.2) is 0 Å². The van der Waals surface area contributed by atoms with Crippen molar-refractivity contribution in [2.24, 2.45) is 5.92 Å². The fraction of sp³-hybridized carbons (Fsp3) is 0.370. The Morgan fingerprint density at radius 2 is 1.63 bits per heavy atom. The second kappa shape index (κ2) is 18.4. The van der Waals surface area contributed by atoms with E-state index in [1.165, 1.54) is 67.1 Å². The van der Waals surface area contributed by atoms with E-state index < -0.39 is 5.91 Å². The molecule has 1 aliphatic carbocycles. The summed E-state index contributed by atoms with van der Waals surface area (Å²) in [6, 6.07) is 11.8. The Morgan fingerprint density at radius 3 is 2.11 bits per heavy atom. The normalized spacial score (nSPS) is 12.2. The molecule has 11 heteroatoms. The SMILES string of the molecule is CC(=O)N(O)C/C=C/N(C)OCOC=O.Cc1ccc(F)cc1.O=C(OCC1CCC1)c1ccc(F)cc1. The van der Waals surface area contributed by atoms with E-state index >= 15 is 0 Å². The first kappa shape index (κ1) is 32.2. The third-order valence-corrected chi connectivity index (χ3v) is 5.12. The monoisotopic (exact) mass is 536 g/mol. The highest BCUT2D eigenvalue weighted by molar-refractivity contribution is 5.89. The third-order valence-electron chi connectivity index (χ3n) is 5.12. The zero-order valence-corrected chi connectivity index (χ0v) is 21.7. The molecule has 0 atom stereocenters. The maximum Gasteiger partial charge on any atom is 0.338 e. The standard InChI is InChI=1S/C12H13FO2.C8H14N2O5.C7H7F/c13-11-6-4-10(5-7-11)12(14)15-8-9-2-1-3-9;1-8(12)10(13)5-3-4-9(2)15-7-14-6-11;1-6-2-4-7(8)5-3-6/h4-7,9H,1-3,8H2;3-4,6,13H,5,7H2,1-2H3;2-5H,1H3/b;4-3+;. The van der Waals surface area contributed by atoms with Crippen molar-refractivity contribution in [3.8, 4) is 0 Å². The number of carbonyl (C=O) groups is 3. The van der Waals surface area contributed by atoms with Crippen molar-refractivity contribution in [1.82, 2.24) is 10.1 Å². The number of hydroxylamine groups is 4. The molecular weight excluding hydrogens is 502 g/mol. The molecule has 3 rings (SSSR count). The number of benzene rings is 2. The summed E-state index contributed by atoms with van der Waals surface area (Å²) in [7, 11) is 1.57. The van der Waals surface area contributed by atoms with Gasteiger partial charge in [0.05, 0.1) is 18.7 Å². The van der Waals surface area contributed by atoms with Gasteiger partial charge in [-0.05, 0) is 68.2 Å². The van der Waals surface area contributed by atoms with Crippen molar-refractivity contribution >= 4 is 18.3 Å². The van der Waals surface area contributed by atoms with Crippen LogP contribution >= 0.6 is 0 Å². The molecule has 0 aliphatic heterocycles. The highest BCUT2D eigenvalue weighted by Crippen LogP contribution is 2.26. The summed E-state index contributed by atoms with van der Waals surface area (Å²) in [6.45, 7) is 3.79. The molecular formula is C27H34F2N2O7. The van der Waals surface area contributed by atoms with Crippen molar-refractivity contribution in [1.29, 1.82) is 0 Å². The fourth-order valence-electron chi connectivity index (χ4n) is 2.66. The lowest BCUT2D eigenvalue weighted by molar-refractivity contribution is -0.185. The van der Waals surface area contributed by atoms with Gasteiger partial charge in [-0.1, -0.05) is 24.1 Å². The first-order chi connectivity index (χ1) is 18.1. The van der Waals surface area contributed by atoms with Gasteiger partial charge in [-0.2, -0.15) is 0 Å². The summed E-state index contributed by atoms with van der Waals surface area (Å²) in [5, 5.41) is 10.8. The van der Waals surface area contributed by atoms with Crippen LogP contribution in [0.2, 0.25) is 0 Å². The first-order valence-corrected chi connectivity index (χ1v) is 11.8. The second-order valence-corrected chi connectivity index (χ2v) is 8.24. The van der Waals surface area contributed by atoms with Crippen LogP contribution in [-0.2, 0) is 23.9 Å². The predicted octanol–water partition coefficient (Wildman–Crippen LogP) is 4.65. The van der Waals surface area contributed by atoms with Gasteiger partial charge in [0.25, 0.3) is 6.47 Å². The van der Waals surface area contributed by atoms with Crippen molar-refractivity contribution < 1.29 is 42.7 Å². The summed E-state index contributed by atoms with van der Waals surface area (Å²) in [5.74, 6) is -0.787. The Hall–Kier alpha value is -3.83. The highest BCUT2D eigenvalue weighted by atomic mass is 19.1. The van der Waals surface area contributed by atoms with E-state index in [9.17, 15) is 23.2 Å². The van der Waals surface area contributed by atoms with E-state index in [2.05, 4.69) is 4.74 Å². The Kier molecular flexibility index (Phi) is 15.6. The molecule has 2 aromatic carbocycles. The highest BCUT2D eigenvalue weighted by Gasteiger charge is 2.19. The summed E-state index contributed by atoms with van der Waals surface area (Å²) in [4.78, 5) is 36.6. The van der Waals surface area contributed by atoms with E-state index in [0.29, 0.717) is 23.2 Å². The number of aryl methyl sites for hydroxylation is 1.